The van der Waals surface area contributed by atoms with Crippen LogP contribution in [0.5, 0.6) is 0 Å². The van der Waals surface area contributed by atoms with Crippen molar-refractivity contribution in [1.82, 2.24) is 86.0 Å². The molecule has 9 aromatic heterocycles. The zero-order valence-corrected chi connectivity index (χ0v) is 75.7. The maximum atomic E-state index is 12.1. The molecule has 0 N–H and O–H groups in total. The molecule has 18 heterocycles. The van der Waals surface area contributed by atoms with Crippen molar-refractivity contribution in [3.05, 3.63) is 164 Å². The largest absolute Gasteiger partial charge is 0.465 e. The number of ether oxygens (including phenoxy) is 9. The number of hydrogen-bond donors (Lipinski definition) is 0. The normalized spacial score (nSPS) is 42.5. The fraction of sp³-hybridized carbons (Fsp3) is 0.640. The van der Waals surface area contributed by atoms with Crippen LogP contribution < -0.4 is 0 Å². The SMILES string of the molecule is [2H]C([2H])(C)c1cncn1C([2H])([2H])[2H].[2H]C([2H])([2H])n1cncc1C([2H])([2H])[C@@]1([2H])COC(=O)[C@@]1([2H])C([2H])([2H])C.[2H]C([2H])([2H])n1cncc1C([2H])([2H])[C@@]1([2H])COC(=O)[C@@]1([2H])CC.[2H]C([2H])([2H])n1cncc1C([2H])([2H])[C@@]1([2H])COC(=O)[C@H]1CC.[2H]C1([2H])C[C@]([2H])(CC)C(=O)O1.[2H]C1([2H])OC(=O)[C@@H](CC)[C@@]1([2H])C([2H])([2H])c1cncn1C.[2H]C1([2H])OC(=O)[C@@H](CC)[C@H]1C([2H])([2H])c1cncn1C([2H])([2H])[2H].[2H]C1([2H])OC(=O)[C@@]([2H])(C([2H])([2H])C)[C@@]1([2H])C([2H])([2H])c1cncn1C.[2H]C1([2H])OC(=O)[C@@]([2H])(C([2H])([2H])C)[C@H]1C([2H])([2H])c1cncn1C([2H])([2H])[2H].[2H]C1([2H])OC(=O)[C@@]([2H])(CC)[C@@]1([2H])C([2H])([2H])c1cncn1C. The first-order chi connectivity index (χ1) is 90.3. The van der Waals surface area contributed by atoms with Gasteiger partial charge in [0.1, 0.15) is 0 Å². The molecule has 36 heteroatoms. The molecule has 9 saturated heterocycles. The predicted molar refractivity (Wildman–Crippen MR) is 503 cm³/mol. The second-order valence-electron chi connectivity index (χ2n) is 28.4. The number of nitrogens with zero attached hydrogens (tertiary/aromatic N) is 18. The van der Waals surface area contributed by atoms with Crippen LogP contribution in [0, 0.1) is 100 Å². The van der Waals surface area contributed by atoms with Gasteiger partial charge in [-0.3, -0.25) is 43.2 Å². The molecule has 0 saturated carbocycles. The Labute approximate surface area is 892 Å². The third-order valence-electron chi connectivity index (χ3n) is 19.7. The van der Waals surface area contributed by atoms with Gasteiger partial charge in [0.2, 0.25) is 0 Å². The van der Waals surface area contributed by atoms with Crippen LogP contribution in [0.25, 0.3) is 0 Å². The minimum absolute atomic E-state index is 0.0353. The number of cyclic esters (lactones) is 9. The maximum absolute atomic E-state index is 12.1. The number of carbonyl (C=O) groups is 9. The van der Waals surface area contributed by atoms with Crippen LogP contribution in [0.4, 0.5) is 0 Å². The molecular formula is C100H148N18O18. The van der Waals surface area contributed by atoms with E-state index in [2.05, 4.69) is 78.0 Å². The predicted octanol–water partition coefficient (Wildman–Crippen LogP) is 11.2. The Balaban J connectivity index is 0.000000244. The number of aromatic nitrogens is 18. The van der Waals surface area contributed by atoms with Crippen LogP contribution >= 0.6 is 0 Å². The number of esters is 9. The lowest BCUT2D eigenvalue weighted by atomic mass is 9.89. The summed E-state index contributed by atoms with van der Waals surface area (Å²) in [6.07, 6.45) is -11.6. The van der Waals surface area contributed by atoms with Gasteiger partial charge in [-0.25, -0.2) is 44.9 Å². The van der Waals surface area contributed by atoms with Gasteiger partial charge in [0.15, 0.2) is 0 Å². The zero-order chi connectivity index (χ0) is 157. The highest BCUT2D eigenvalue weighted by Gasteiger charge is 2.43. The Morgan fingerprint density at radius 2 is 0.566 bits per heavy atom. The van der Waals surface area contributed by atoms with E-state index in [9.17, 15) is 43.2 Å². The summed E-state index contributed by atoms with van der Waals surface area (Å²) in [4.78, 5) is 139. The smallest absolute Gasteiger partial charge is 0.309 e. The van der Waals surface area contributed by atoms with E-state index in [1.807, 2.05) is 0 Å². The lowest BCUT2D eigenvalue weighted by Gasteiger charge is -2.12. The van der Waals surface area contributed by atoms with Crippen molar-refractivity contribution in [2.24, 2.45) is 163 Å². The van der Waals surface area contributed by atoms with Crippen LogP contribution in [-0.2, 0) is 206 Å². The summed E-state index contributed by atoms with van der Waals surface area (Å²) >= 11 is 0. The summed E-state index contributed by atoms with van der Waals surface area (Å²) in [6.45, 7) is -20.9. The molecular weight excluding hydrogens is 1740 g/mol. The first-order valence-electron chi connectivity index (χ1n) is 74.3. The zero-order valence-electron chi connectivity index (χ0n) is 142. The Hall–Kier alpha value is -11.9. The molecule has 17 atom stereocenters. The summed E-state index contributed by atoms with van der Waals surface area (Å²) in [5, 5.41) is 0. The maximum Gasteiger partial charge on any atom is 0.309 e. The van der Waals surface area contributed by atoms with Gasteiger partial charge >= 0.3 is 53.7 Å². The van der Waals surface area contributed by atoms with Crippen LogP contribution in [-0.4, -0.2) is 199 Å². The van der Waals surface area contributed by atoms with Crippen molar-refractivity contribution >= 4 is 53.7 Å². The quantitative estimate of drug-likeness (QED) is 0.0359. The van der Waals surface area contributed by atoms with Gasteiger partial charge in [0.05, 0.1) is 186 Å². The molecule has 0 aromatic carbocycles. The number of aryl methyl sites for hydroxylation is 10. The molecule has 0 amide bonds. The van der Waals surface area contributed by atoms with Crippen molar-refractivity contribution < 1.29 is 176 Å². The van der Waals surface area contributed by atoms with Gasteiger partial charge in [0.25, 0.3) is 0 Å². The van der Waals surface area contributed by atoms with Crippen molar-refractivity contribution in [3.63, 3.8) is 0 Å². The molecule has 0 spiro atoms. The van der Waals surface area contributed by atoms with Crippen LogP contribution in [0.15, 0.2) is 113 Å². The monoisotopic (exact) mass is 1960 g/mol. The molecule has 18 rings (SSSR count). The van der Waals surface area contributed by atoms with E-state index in [-0.39, 0.29) is 78.4 Å². The summed E-state index contributed by atoms with van der Waals surface area (Å²) in [5.41, 5.74) is -2.38. The minimum Gasteiger partial charge on any atom is -0.465 e. The van der Waals surface area contributed by atoms with E-state index < -0.39 is 343 Å². The Kier molecular flexibility index (Phi) is 19.1. The number of rotatable bonds is 26. The topological polar surface area (TPSA) is 397 Å². The van der Waals surface area contributed by atoms with Crippen LogP contribution in [0.2, 0.25) is 0 Å². The third kappa shape index (κ3) is 30.1. The Morgan fingerprint density at radius 1 is 0.287 bits per heavy atom. The van der Waals surface area contributed by atoms with Gasteiger partial charge in [-0.15, -0.1) is 0 Å². The lowest BCUT2D eigenvalue weighted by Crippen LogP contribution is -2.18. The van der Waals surface area contributed by atoms with Gasteiger partial charge in [-0.1, -0.05) is 69.2 Å². The van der Waals surface area contributed by atoms with E-state index >= 15 is 0 Å². The van der Waals surface area contributed by atoms with Crippen LogP contribution in [0.3, 0.4) is 0 Å². The van der Waals surface area contributed by atoms with E-state index in [1.54, 1.807) is 34.7 Å². The second kappa shape index (κ2) is 54.2. The summed E-state index contributed by atoms with van der Waals surface area (Å²) < 4.78 is 566. The van der Waals surface area contributed by atoms with Crippen LogP contribution in [0.1, 0.15) is 275 Å². The first kappa shape index (κ1) is 47.9. The molecule has 0 radical (unpaired) electrons. The van der Waals surface area contributed by atoms with Crippen molar-refractivity contribution in [1.29, 1.82) is 0 Å². The molecule has 9 aliphatic rings. The molecule has 36 nitrogen and oxygen atoms in total. The fourth-order valence-corrected chi connectivity index (χ4v) is 12.2. The molecule has 746 valence electrons. The molecule has 0 bridgehead atoms. The molecule has 9 fully saturated rings. The second-order valence-corrected chi connectivity index (χ2v) is 28.4. The van der Waals surface area contributed by atoms with E-state index in [0.717, 1.165) is 111 Å². The van der Waals surface area contributed by atoms with Gasteiger partial charge in [-0.05, 0) is 121 Å². The van der Waals surface area contributed by atoms with Crippen molar-refractivity contribution in [3.8, 4) is 0 Å². The van der Waals surface area contributed by atoms with E-state index in [0.29, 0.717) is 24.7 Å². The first-order valence-corrected chi connectivity index (χ1v) is 41.3. The average Bonchev–Trinajstić information content (AvgIpc) is 1.50. The number of hydrogen-bond acceptors (Lipinski definition) is 27. The summed E-state index contributed by atoms with van der Waals surface area (Å²) in [6, 6.07) is 0. The molecule has 0 unspecified atom stereocenters. The van der Waals surface area contributed by atoms with E-state index in [4.69, 9.17) is 99.9 Å². The van der Waals surface area contributed by atoms with Gasteiger partial charge in [0, 0.05) is 291 Å². The lowest BCUT2D eigenvalue weighted by molar-refractivity contribution is -0.142. The van der Waals surface area contributed by atoms with Gasteiger partial charge in [-0.2, -0.15) is 0 Å². The average molecular weight is 1960 g/mol. The van der Waals surface area contributed by atoms with E-state index in [1.165, 1.54) is 79.9 Å². The standard InChI is InChI=1S/8C11H16N2O2.C6H10N2.C6H10O2/c8*1-3-10-8(6-15-11(10)14)4-9-5-12-7-13(9)2;1-3-6-4-7-5-8(6)2;1-2-5-3-4-8-6(5)7/h8*5,7-8,10H,3-4,6H2,1-2H3;4-5H,3H2,1-2H3;5H,2-4H2,1H3/t8*8-,10-;;5-/m00000000.0/s1/i3D2,4D2,6D2,8D,10D;2D3,3D2,4D2,8D,10D;2D3,3D2,4D2,6D2,10D;4D2,6D2,8D,10D;2D3,4D2,8D,10D;4D2,6D2,8D;2D3,4D2,8D;2D3,4D2,6D2;2D3,3D2;4D2,5D. The molecule has 9 aromatic rings. The highest BCUT2D eigenvalue weighted by atomic mass is 16.6. The molecule has 9 aliphatic heterocycles. The fourth-order valence-electron chi connectivity index (χ4n) is 12.2. The molecule has 0 aliphatic carbocycles. The highest BCUT2D eigenvalue weighted by molar-refractivity contribution is 5.78. The summed E-state index contributed by atoms with van der Waals surface area (Å²) in [7, 11) is 4.45. The van der Waals surface area contributed by atoms with Crippen molar-refractivity contribution in [2.75, 3.05) is 59.2 Å². The van der Waals surface area contributed by atoms with Crippen molar-refractivity contribution in [2.45, 2.75) is 191 Å². The Bertz CT molecular complexity index is 8460. The number of carbonyl (C=O) groups excluding carboxylic acids is 9. The molecule has 136 heavy (non-hydrogen) atoms. The van der Waals surface area contributed by atoms with Gasteiger partial charge < -0.3 is 83.7 Å². The third-order valence-corrected chi connectivity index (χ3v) is 19.7. The number of imidazole rings is 9. The highest BCUT2D eigenvalue weighted by Crippen LogP contribution is 2.36. The Morgan fingerprint density at radius 3 is 0.956 bits per heavy atom. The summed E-state index contributed by atoms with van der Waals surface area (Å²) in [5.74, 6) is -46.7. The minimum atomic E-state index is -3.22.